The first-order valence-corrected chi connectivity index (χ1v) is 9.87. The third kappa shape index (κ3) is 3.13. The Bertz CT molecular complexity index is 1040. The maximum absolute atomic E-state index is 12.7. The van der Waals surface area contributed by atoms with Crippen LogP contribution in [0.3, 0.4) is 0 Å². The zero-order valence-corrected chi connectivity index (χ0v) is 14.9. The summed E-state index contributed by atoms with van der Waals surface area (Å²) in [5.74, 6) is 0. The molecule has 3 aromatic rings. The van der Waals surface area contributed by atoms with E-state index in [1.165, 1.54) is 0 Å². The number of anilines is 1. The van der Waals surface area contributed by atoms with Gasteiger partial charge in [-0.25, -0.2) is 8.42 Å². The Morgan fingerprint density at radius 1 is 0.923 bits per heavy atom. The predicted molar refractivity (Wildman–Crippen MR) is 103 cm³/mol. The van der Waals surface area contributed by atoms with Crippen LogP contribution in [0.15, 0.2) is 88.9 Å². The van der Waals surface area contributed by atoms with Gasteiger partial charge in [0.25, 0.3) is 0 Å². The molecule has 0 unspecified atom stereocenters. The Morgan fingerprint density at radius 2 is 1.65 bits per heavy atom. The normalized spacial score (nSPS) is 13.5. The summed E-state index contributed by atoms with van der Waals surface area (Å²) in [7, 11) is -3.47. The van der Waals surface area contributed by atoms with E-state index in [1.54, 1.807) is 42.6 Å². The average Bonchev–Trinajstić information content (AvgIpc) is 2.69. The van der Waals surface area contributed by atoms with Crippen LogP contribution in [0.5, 0.6) is 0 Å². The number of hydrogen-bond acceptors (Lipinski definition) is 4. The summed E-state index contributed by atoms with van der Waals surface area (Å²) in [6, 6.07) is 17.7. The maximum atomic E-state index is 12.7. The first kappa shape index (κ1) is 16.5. The molecule has 1 aromatic heterocycles. The van der Waals surface area contributed by atoms with Crippen LogP contribution in [0.1, 0.15) is 11.1 Å². The molecule has 0 N–H and O–H groups in total. The largest absolute Gasteiger partial charge is 0.363 e. The number of rotatable bonds is 4. The minimum atomic E-state index is -3.47. The first-order valence-electron chi connectivity index (χ1n) is 8.39. The smallest absolute Gasteiger partial charge is 0.206 e. The number of nitrogens with zero attached hydrogens (tertiary/aromatic N) is 2. The highest BCUT2D eigenvalue weighted by atomic mass is 32.2. The van der Waals surface area contributed by atoms with Crippen molar-refractivity contribution in [3.8, 4) is 0 Å². The molecule has 0 amide bonds. The fourth-order valence-corrected chi connectivity index (χ4v) is 4.38. The fraction of sp³-hybridized carbons (Fsp3) is 0.0952. The van der Waals surface area contributed by atoms with Crippen LogP contribution in [0.25, 0.3) is 6.08 Å². The van der Waals surface area contributed by atoms with Gasteiger partial charge in [-0.2, -0.15) is 0 Å². The molecule has 26 heavy (non-hydrogen) atoms. The lowest BCUT2D eigenvalue weighted by Crippen LogP contribution is -2.25. The van der Waals surface area contributed by atoms with Crippen LogP contribution in [-0.2, 0) is 16.4 Å². The minimum absolute atomic E-state index is 0.315. The average molecular weight is 362 g/mol. The van der Waals surface area contributed by atoms with E-state index in [0.29, 0.717) is 16.3 Å². The summed E-state index contributed by atoms with van der Waals surface area (Å²) < 4.78 is 25.3. The van der Waals surface area contributed by atoms with Crippen LogP contribution in [-0.4, -0.2) is 19.9 Å². The second kappa shape index (κ2) is 6.77. The van der Waals surface area contributed by atoms with Gasteiger partial charge >= 0.3 is 0 Å². The van der Waals surface area contributed by atoms with E-state index in [2.05, 4.69) is 22.0 Å². The molecule has 2 heterocycles. The Kier molecular flexibility index (Phi) is 4.31. The summed E-state index contributed by atoms with van der Waals surface area (Å²) in [4.78, 5) is 7.04. The van der Waals surface area contributed by atoms with Crippen molar-refractivity contribution in [3.63, 3.8) is 0 Å². The predicted octanol–water partition coefficient (Wildman–Crippen LogP) is 3.95. The van der Waals surface area contributed by atoms with Gasteiger partial charge in [0, 0.05) is 36.7 Å². The molecule has 4 rings (SSSR count). The van der Waals surface area contributed by atoms with Crippen molar-refractivity contribution in [1.29, 1.82) is 0 Å². The van der Waals surface area contributed by atoms with Gasteiger partial charge in [-0.3, -0.25) is 4.98 Å². The second-order valence-corrected chi connectivity index (χ2v) is 8.13. The Labute approximate surface area is 153 Å². The fourth-order valence-electron chi connectivity index (χ4n) is 3.10. The molecular weight excluding hydrogens is 344 g/mol. The van der Waals surface area contributed by atoms with Crippen LogP contribution >= 0.6 is 0 Å². The quantitative estimate of drug-likeness (QED) is 0.705. The molecule has 4 nitrogen and oxygen atoms in total. The molecule has 0 saturated heterocycles. The topological polar surface area (TPSA) is 50.3 Å². The van der Waals surface area contributed by atoms with Gasteiger partial charge in [0.05, 0.1) is 9.79 Å². The molecule has 0 fully saturated rings. The van der Waals surface area contributed by atoms with Gasteiger partial charge in [-0.05, 0) is 35.9 Å². The van der Waals surface area contributed by atoms with E-state index >= 15 is 0 Å². The zero-order chi connectivity index (χ0) is 18.0. The van der Waals surface area contributed by atoms with Crippen LogP contribution in [0.4, 0.5) is 5.69 Å². The zero-order valence-electron chi connectivity index (χ0n) is 14.1. The van der Waals surface area contributed by atoms with Gasteiger partial charge in [0.2, 0.25) is 9.84 Å². The third-order valence-electron chi connectivity index (χ3n) is 4.45. The summed E-state index contributed by atoms with van der Waals surface area (Å²) >= 11 is 0. The molecule has 0 bridgehead atoms. The summed E-state index contributed by atoms with van der Waals surface area (Å²) in [5.41, 5.74) is 3.31. The molecule has 1 aliphatic rings. The number of aromatic nitrogens is 1. The second-order valence-electron chi connectivity index (χ2n) is 6.18. The molecule has 1 aliphatic heterocycles. The third-order valence-corrected chi connectivity index (χ3v) is 6.24. The maximum Gasteiger partial charge on any atom is 0.206 e. The van der Waals surface area contributed by atoms with Crippen molar-refractivity contribution in [2.24, 2.45) is 0 Å². The number of fused-ring (bicyclic) bond motifs is 1. The lowest BCUT2D eigenvalue weighted by molar-refractivity contribution is 0.596. The SMILES string of the molecule is O=S(=O)(c1ccccc1)c1ccc(CN2CC=Cc3cnccc32)cc1. The number of pyridine rings is 1. The first-order chi connectivity index (χ1) is 12.6. The molecule has 0 aliphatic carbocycles. The number of hydrogen-bond donors (Lipinski definition) is 0. The molecule has 130 valence electrons. The standard InChI is InChI=1S/C21H18N2O2S/c24-26(25,19-6-2-1-3-7-19)20-10-8-17(9-11-20)16-23-14-4-5-18-15-22-13-12-21(18)23/h1-13,15H,14,16H2. The van der Waals surface area contributed by atoms with E-state index in [4.69, 9.17) is 0 Å². The Balaban J connectivity index is 1.57. The highest BCUT2D eigenvalue weighted by Crippen LogP contribution is 2.27. The van der Waals surface area contributed by atoms with Crippen molar-refractivity contribution in [3.05, 3.63) is 90.3 Å². The van der Waals surface area contributed by atoms with E-state index in [9.17, 15) is 8.42 Å². The number of benzene rings is 2. The van der Waals surface area contributed by atoms with Crippen molar-refractivity contribution < 1.29 is 8.42 Å². The minimum Gasteiger partial charge on any atom is -0.363 e. The van der Waals surface area contributed by atoms with Crippen molar-refractivity contribution >= 4 is 21.6 Å². The van der Waals surface area contributed by atoms with Crippen molar-refractivity contribution in [2.75, 3.05) is 11.4 Å². The monoisotopic (exact) mass is 362 g/mol. The molecule has 5 heteroatoms. The number of sulfone groups is 1. The van der Waals surface area contributed by atoms with Crippen LogP contribution < -0.4 is 4.90 Å². The Hall–Kier alpha value is -2.92. The molecule has 0 spiro atoms. The van der Waals surface area contributed by atoms with Crippen molar-refractivity contribution in [1.82, 2.24) is 4.98 Å². The van der Waals surface area contributed by atoms with Gasteiger partial charge < -0.3 is 4.90 Å². The molecule has 2 aromatic carbocycles. The van der Waals surface area contributed by atoms with Gasteiger partial charge in [0.1, 0.15) is 0 Å². The van der Waals surface area contributed by atoms with Gasteiger partial charge in [-0.15, -0.1) is 0 Å². The van der Waals surface area contributed by atoms with E-state index in [1.807, 2.05) is 30.5 Å². The molecule has 0 saturated carbocycles. The van der Waals surface area contributed by atoms with Gasteiger partial charge in [-0.1, -0.05) is 42.5 Å². The van der Waals surface area contributed by atoms with E-state index < -0.39 is 9.84 Å². The van der Waals surface area contributed by atoms with Crippen LogP contribution in [0.2, 0.25) is 0 Å². The molecule has 0 atom stereocenters. The molecular formula is C21H18N2O2S. The highest BCUT2D eigenvalue weighted by Gasteiger charge is 2.18. The van der Waals surface area contributed by atoms with Crippen molar-refractivity contribution in [2.45, 2.75) is 16.3 Å². The lowest BCUT2D eigenvalue weighted by atomic mass is 10.1. The summed E-state index contributed by atoms with van der Waals surface area (Å²) in [5, 5.41) is 0. The summed E-state index contributed by atoms with van der Waals surface area (Å²) in [6.07, 6.45) is 7.83. The summed E-state index contributed by atoms with van der Waals surface area (Å²) in [6.45, 7) is 1.54. The van der Waals surface area contributed by atoms with Gasteiger partial charge in [0.15, 0.2) is 0 Å². The highest BCUT2D eigenvalue weighted by molar-refractivity contribution is 7.91. The Morgan fingerprint density at radius 3 is 2.42 bits per heavy atom. The van der Waals surface area contributed by atoms with E-state index in [0.717, 1.165) is 23.4 Å². The lowest BCUT2D eigenvalue weighted by Gasteiger charge is -2.28. The van der Waals surface area contributed by atoms with Crippen LogP contribution in [0, 0.1) is 0 Å². The van der Waals surface area contributed by atoms with E-state index in [-0.39, 0.29) is 0 Å². The molecule has 0 radical (unpaired) electrons.